The number of amides is 2. The first-order valence-electron chi connectivity index (χ1n) is 9.68. The second kappa shape index (κ2) is 8.70. The highest BCUT2D eigenvalue weighted by Gasteiger charge is 2.38. The van der Waals surface area contributed by atoms with Crippen LogP contribution in [0.5, 0.6) is 5.75 Å². The second-order valence-electron chi connectivity index (χ2n) is 7.42. The molecule has 2 amide bonds. The number of anilines is 1. The number of hydrogen-bond donors (Lipinski definition) is 1. The van der Waals surface area contributed by atoms with Crippen molar-refractivity contribution in [2.24, 2.45) is 5.92 Å². The molecule has 0 bridgehead atoms. The molecule has 0 saturated carbocycles. The first-order valence-corrected chi connectivity index (χ1v) is 10.1. The van der Waals surface area contributed by atoms with Gasteiger partial charge in [-0.25, -0.2) is 0 Å². The zero-order valence-electron chi connectivity index (χ0n) is 17.1. The van der Waals surface area contributed by atoms with Crippen molar-refractivity contribution in [2.45, 2.75) is 27.7 Å². The van der Waals surface area contributed by atoms with Crippen molar-refractivity contribution in [1.82, 2.24) is 4.90 Å². The van der Waals surface area contributed by atoms with Crippen LogP contribution in [0.4, 0.5) is 5.69 Å². The molecule has 0 fully saturated rings. The van der Waals surface area contributed by atoms with Crippen LogP contribution in [0, 0.1) is 12.8 Å². The van der Waals surface area contributed by atoms with Crippen LogP contribution in [0.15, 0.2) is 48.2 Å². The third-order valence-corrected chi connectivity index (χ3v) is 4.89. The van der Waals surface area contributed by atoms with Crippen molar-refractivity contribution in [3.8, 4) is 5.75 Å². The maximum absolute atomic E-state index is 12.9. The lowest BCUT2D eigenvalue weighted by Crippen LogP contribution is -2.32. The van der Waals surface area contributed by atoms with Crippen LogP contribution in [-0.4, -0.2) is 29.9 Å². The topological polar surface area (TPSA) is 58.6 Å². The van der Waals surface area contributed by atoms with Crippen molar-refractivity contribution in [3.05, 3.63) is 64.3 Å². The van der Waals surface area contributed by atoms with Crippen molar-refractivity contribution in [3.63, 3.8) is 0 Å². The van der Waals surface area contributed by atoms with Gasteiger partial charge in [-0.05, 0) is 61.2 Å². The minimum atomic E-state index is -0.331. The molecule has 152 valence electrons. The standard InChI is InChI=1S/C23H25ClN2O3/c1-5-26-22(27)20(16-6-9-18(10-7-16)29-13-14(2)3)21(23(26)28)25-19-11-8-17(24)12-15(19)4/h6-12,14,25H,5,13H2,1-4H3. The molecule has 1 N–H and O–H groups in total. The van der Waals surface area contributed by atoms with E-state index in [9.17, 15) is 9.59 Å². The van der Waals surface area contributed by atoms with Crippen LogP contribution < -0.4 is 10.1 Å². The van der Waals surface area contributed by atoms with Gasteiger partial charge in [-0.2, -0.15) is 0 Å². The van der Waals surface area contributed by atoms with E-state index in [0.717, 1.165) is 17.0 Å². The fourth-order valence-electron chi connectivity index (χ4n) is 3.13. The average molecular weight is 413 g/mol. The van der Waals surface area contributed by atoms with Crippen molar-refractivity contribution < 1.29 is 14.3 Å². The van der Waals surface area contributed by atoms with E-state index in [2.05, 4.69) is 19.2 Å². The Morgan fingerprint density at radius 2 is 1.76 bits per heavy atom. The van der Waals surface area contributed by atoms with Crippen molar-refractivity contribution >= 4 is 34.7 Å². The van der Waals surface area contributed by atoms with Gasteiger partial charge in [0.05, 0.1) is 12.2 Å². The second-order valence-corrected chi connectivity index (χ2v) is 7.85. The Morgan fingerprint density at radius 1 is 1.07 bits per heavy atom. The number of nitrogens with zero attached hydrogens (tertiary/aromatic N) is 1. The number of halogens is 1. The molecule has 3 rings (SSSR count). The molecule has 0 saturated heterocycles. The molecule has 1 heterocycles. The summed E-state index contributed by atoms with van der Waals surface area (Å²) in [6.07, 6.45) is 0. The monoisotopic (exact) mass is 412 g/mol. The van der Waals surface area contributed by atoms with E-state index in [1.54, 1.807) is 19.1 Å². The number of hydrogen-bond acceptors (Lipinski definition) is 4. The first kappa shape index (κ1) is 20.9. The number of imide groups is 1. The normalized spacial score (nSPS) is 14.2. The van der Waals surface area contributed by atoms with E-state index in [-0.39, 0.29) is 17.5 Å². The van der Waals surface area contributed by atoms with Crippen LogP contribution >= 0.6 is 11.6 Å². The minimum Gasteiger partial charge on any atom is -0.493 e. The third-order valence-electron chi connectivity index (χ3n) is 4.66. The predicted molar refractivity (Wildman–Crippen MR) is 116 cm³/mol. The summed E-state index contributed by atoms with van der Waals surface area (Å²) in [5.74, 6) is 0.516. The zero-order chi connectivity index (χ0) is 21.1. The Hall–Kier alpha value is -2.79. The summed E-state index contributed by atoms with van der Waals surface area (Å²) < 4.78 is 5.72. The van der Waals surface area contributed by atoms with Gasteiger partial charge in [0, 0.05) is 17.3 Å². The number of carbonyl (C=O) groups excluding carboxylic acids is 2. The quantitative estimate of drug-likeness (QED) is 0.657. The molecule has 2 aromatic rings. The van der Waals surface area contributed by atoms with E-state index in [0.29, 0.717) is 35.2 Å². The molecular formula is C23H25ClN2O3. The number of likely N-dealkylation sites (N-methyl/N-ethyl adjacent to an activating group) is 1. The van der Waals surface area contributed by atoms with Crippen LogP contribution in [0.3, 0.4) is 0 Å². The van der Waals surface area contributed by atoms with Crippen LogP contribution in [0.2, 0.25) is 5.02 Å². The third kappa shape index (κ3) is 4.46. The van der Waals surface area contributed by atoms with Gasteiger partial charge in [-0.1, -0.05) is 37.6 Å². The lowest BCUT2D eigenvalue weighted by Gasteiger charge is -2.13. The highest BCUT2D eigenvalue weighted by molar-refractivity contribution is 6.36. The summed E-state index contributed by atoms with van der Waals surface area (Å²) in [5, 5.41) is 3.78. The summed E-state index contributed by atoms with van der Waals surface area (Å²) in [4.78, 5) is 27.1. The van der Waals surface area contributed by atoms with Gasteiger partial charge in [0.25, 0.3) is 11.8 Å². The van der Waals surface area contributed by atoms with Crippen molar-refractivity contribution in [1.29, 1.82) is 0 Å². The number of benzene rings is 2. The number of rotatable bonds is 7. The van der Waals surface area contributed by atoms with E-state index in [1.165, 1.54) is 4.90 Å². The number of nitrogens with one attached hydrogen (secondary N) is 1. The zero-order valence-corrected chi connectivity index (χ0v) is 17.8. The summed E-state index contributed by atoms with van der Waals surface area (Å²) in [6, 6.07) is 12.6. The van der Waals surface area contributed by atoms with E-state index >= 15 is 0 Å². The van der Waals surface area contributed by atoms with Crippen molar-refractivity contribution in [2.75, 3.05) is 18.5 Å². The summed E-state index contributed by atoms with van der Waals surface area (Å²) in [5.41, 5.74) is 2.93. The van der Waals surface area contributed by atoms with Crippen LogP contribution in [-0.2, 0) is 9.59 Å². The molecule has 0 radical (unpaired) electrons. The van der Waals surface area contributed by atoms with Gasteiger partial charge in [-0.15, -0.1) is 0 Å². The fraction of sp³-hybridized carbons (Fsp3) is 0.304. The van der Waals surface area contributed by atoms with Gasteiger partial charge < -0.3 is 10.1 Å². The highest BCUT2D eigenvalue weighted by Crippen LogP contribution is 2.32. The van der Waals surface area contributed by atoms with Crippen LogP contribution in [0.25, 0.3) is 5.57 Å². The number of aryl methyl sites for hydroxylation is 1. The first-order chi connectivity index (χ1) is 13.8. The molecule has 0 aliphatic carbocycles. The van der Waals surface area contributed by atoms with Gasteiger partial charge in [0.1, 0.15) is 11.4 Å². The van der Waals surface area contributed by atoms with Gasteiger partial charge in [0.15, 0.2) is 0 Å². The Kier molecular flexibility index (Phi) is 6.28. The smallest absolute Gasteiger partial charge is 0.278 e. The molecular weight excluding hydrogens is 388 g/mol. The molecule has 0 unspecified atom stereocenters. The lowest BCUT2D eigenvalue weighted by molar-refractivity contribution is -0.136. The average Bonchev–Trinajstić information content (AvgIpc) is 2.92. The Bertz CT molecular complexity index is 965. The van der Waals surface area contributed by atoms with Crippen LogP contribution in [0.1, 0.15) is 31.9 Å². The lowest BCUT2D eigenvalue weighted by atomic mass is 10.0. The van der Waals surface area contributed by atoms with Gasteiger partial charge in [0.2, 0.25) is 0 Å². The van der Waals surface area contributed by atoms with Gasteiger partial charge >= 0.3 is 0 Å². The molecule has 6 heteroatoms. The van der Waals surface area contributed by atoms with E-state index in [4.69, 9.17) is 16.3 Å². The van der Waals surface area contributed by atoms with Gasteiger partial charge in [-0.3, -0.25) is 14.5 Å². The molecule has 29 heavy (non-hydrogen) atoms. The highest BCUT2D eigenvalue weighted by atomic mass is 35.5. The largest absolute Gasteiger partial charge is 0.493 e. The SMILES string of the molecule is CCN1C(=O)C(Nc2ccc(Cl)cc2C)=C(c2ccc(OCC(C)C)cc2)C1=O. The van der Waals surface area contributed by atoms with E-state index < -0.39 is 0 Å². The molecule has 0 aromatic heterocycles. The Labute approximate surface area is 176 Å². The Balaban J connectivity index is 1.98. The summed E-state index contributed by atoms with van der Waals surface area (Å²) >= 11 is 6.03. The maximum Gasteiger partial charge on any atom is 0.278 e. The molecule has 1 aliphatic rings. The summed E-state index contributed by atoms with van der Waals surface area (Å²) in [7, 11) is 0. The minimum absolute atomic E-state index is 0.276. The molecule has 2 aromatic carbocycles. The molecule has 0 atom stereocenters. The Morgan fingerprint density at radius 3 is 2.34 bits per heavy atom. The van der Waals surface area contributed by atoms with E-state index in [1.807, 2.05) is 37.3 Å². The molecule has 0 spiro atoms. The number of ether oxygens (including phenoxy) is 1. The fourth-order valence-corrected chi connectivity index (χ4v) is 3.36. The molecule has 5 nitrogen and oxygen atoms in total. The molecule has 1 aliphatic heterocycles. The number of carbonyl (C=O) groups is 2. The predicted octanol–water partition coefficient (Wildman–Crippen LogP) is 4.90. The maximum atomic E-state index is 12.9. The summed E-state index contributed by atoms with van der Waals surface area (Å²) in [6.45, 7) is 8.77.